The van der Waals surface area contributed by atoms with Crippen LogP contribution in [0, 0.1) is 0 Å². The number of hydrogen-bond acceptors (Lipinski definition) is 3. The van der Waals surface area contributed by atoms with Gasteiger partial charge in [-0.3, -0.25) is 9.29 Å². The molecular formula is C18H23FN2O. The summed E-state index contributed by atoms with van der Waals surface area (Å²) in [5.74, 6) is 0.857. The van der Waals surface area contributed by atoms with Gasteiger partial charge in [-0.2, -0.15) is 0 Å². The Morgan fingerprint density at radius 2 is 1.95 bits per heavy atom. The number of halogens is 1. The molecule has 1 aliphatic heterocycles. The number of ether oxygens (including phenoxy) is 1. The number of hydrogen-bond donors (Lipinski definition) is 1. The second kappa shape index (κ2) is 7.07. The van der Waals surface area contributed by atoms with Crippen LogP contribution in [0.4, 0.5) is 4.39 Å². The first kappa shape index (κ1) is 15.3. The first-order valence-electron chi connectivity index (χ1n) is 7.91. The lowest BCUT2D eigenvalue weighted by atomic mass is 9.94. The third-order valence-corrected chi connectivity index (χ3v) is 4.46. The number of methoxy groups -OCH3 is 1. The number of benzene rings is 2. The van der Waals surface area contributed by atoms with Crippen LogP contribution in [0.1, 0.15) is 18.0 Å². The summed E-state index contributed by atoms with van der Waals surface area (Å²) in [6.45, 7) is 3.47. The van der Waals surface area contributed by atoms with Crippen LogP contribution in [-0.4, -0.2) is 44.9 Å². The molecule has 118 valence electrons. The molecule has 0 aliphatic carbocycles. The summed E-state index contributed by atoms with van der Waals surface area (Å²) in [5.41, 5.74) is 1.13. The second-order valence-electron chi connectivity index (χ2n) is 5.68. The Morgan fingerprint density at radius 3 is 2.68 bits per heavy atom. The number of alkyl halides is 1. The average Bonchev–Trinajstić information content (AvgIpc) is 2.59. The highest BCUT2D eigenvalue weighted by Gasteiger charge is 2.26. The zero-order chi connectivity index (χ0) is 15.4. The first-order valence-corrected chi connectivity index (χ1v) is 7.91. The van der Waals surface area contributed by atoms with Crippen LogP contribution in [0.15, 0.2) is 36.4 Å². The molecule has 0 aromatic heterocycles. The van der Waals surface area contributed by atoms with E-state index in [0.29, 0.717) is 6.42 Å². The summed E-state index contributed by atoms with van der Waals surface area (Å²) in [4.78, 5) is 2.38. The van der Waals surface area contributed by atoms with Crippen molar-refractivity contribution in [2.45, 2.75) is 12.5 Å². The summed E-state index contributed by atoms with van der Waals surface area (Å²) in [6, 6.07) is 12.4. The minimum absolute atomic E-state index is 0.0631. The van der Waals surface area contributed by atoms with E-state index in [-0.39, 0.29) is 12.7 Å². The van der Waals surface area contributed by atoms with Crippen LogP contribution in [0.25, 0.3) is 10.8 Å². The number of nitrogens with zero attached hydrogens (tertiary/aromatic N) is 1. The molecule has 0 radical (unpaired) electrons. The number of piperazine rings is 1. The predicted molar refractivity (Wildman–Crippen MR) is 88.3 cm³/mol. The largest absolute Gasteiger partial charge is 0.496 e. The first-order chi connectivity index (χ1) is 10.8. The molecule has 3 rings (SSSR count). The molecule has 2 aromatic rings. The molecule has 4 heteroatoms. The van der Waals surface area contributed by atoms with E-state index >= 15 is 0 Å². The van der Waals surface area contributed by atoms with Gasteiger partial charge in [-0.05, 0) is 23.3 Å². The summed E-state index contributed by atoms with van der Waals surface area (Å²) in [5, 5.41) is 5.71. The van der Waals surface area contributed by atoms with E-state index in [1.165, 1.54) is 10.8 Å². The topological polar surface area (TPSA) is 24.5 Å². The van der Waals surface area contributed by atoms with Crippen LogP contribution in [0.2, 0.25) is 0 Å². The van der Waals surface area contributed by atoms with Crippen molar-refractivity contribution in [3.05, 3.63) is 42.0 Å². The monoisotopic (exact) mass is 302 g/mol. The van der Waals surface area contributed by atoms with Crippen LogP contribution in [0.5, 0.6) is 5.75 Å². The molecule has 0 spiro atoms. The maximum absolute atomic E-state index is 13.2. The molecule has 1 atom stereocenters. The van der Waals surface area contributed by atoms with Crippen LogP contribution in [-0.2, 0) is 0 Å². The van der Waals surface area contributed by atoms with Gasteiger partial charge < -0.3 is 10.1 Å². The van der Waals surface area contributed by atoms with Gasteiger partial charge in [0.05, 0.1) is 13.8 Å². The number of rotatable bonds is 5. The molecule has 3 nitrogen and oxygen atoms in total. The smallest absolute Gasteiger partial charge is 0.124 e. The molecule has 22 heavy (non-hydrogen) atoms. The SMILES string of the molecule is COc1ccc2ccccc2c1[C@H](CCF)N1CCNCC1. The van der Waals surface area contributed by atoms with Crippen LogP contribution >= 0.6 is 0 Å². The molecule has 1 saturated heterocycles. The van der Waals surface area contributed by atoms with Gasteiger partial charge in [-0.15, -0.1) is 0 Å². The Hall–Kier alpha value is -1.65. The van der Waals surface area contributed by atoms with Crippen LogP contribution in [0.3, 0.4) is 0 Å². The number of fused-ring (bicyclic) bond motifs is 1. The van der Waals surface area contributed by atoms with Crippen molar-refractivity contribution < 1.29 is 9.13 Å². The Balaban J connectivity index is 2.10. The summed E-state index contributed by atoms with van der Waals surface area (Å²) in [7, 11) is 1.69. The molecule has 0 amide bonds. The quantitative estimate of drug-likeness (QED) is 0.918. The highest BCUT2D eigenvalue weighted by molar-refractivity contribution is 5.88. The van der Waals surface area contributed by atoms with E-state index < -0.39 is 0 Å². The van der Waals surface area contributed by atoms with Gasteiger partial charge in [0, 0.05) is 37.8 Å². The fourth-order valence-electron chi connectivity index (χ4n) is 3.40. The van der Waals surface area contributed by atoms with Crippen molar-refractivity contribution in [3.8, 4) is 5.75 Å². The molecular weight excluding hydrogens is 279 g/mol. The molecule has 2 aromatic carbocycles. The second-order valence-corrected chi connectivity index (χ2v) is 5.68. The Labute approximate surface area is 131 Å². The zero-order valence-electron chi connectivity index (χ0n) is 13.0. The summed E-state index contributed by atoms with van der Waals surface area (Å²) in [6.07, 6.45) is 0.504. The molecule has 1 aliphatic rings. The van der Waals surface area contributed by atoms with Gasteiger partial charge in [-0.25, -0.2) is 0 Å². The molecule has 1 N–H and O–H groups in total. The molecule has 0 saturated carbocycles. The van der Waals surface area contributed by atoms with E-state index in [0.717, 1.165) is 37.5 Å². The maximum atomic E-state index is 13.2. The van der Waals surface area contributed by atoms with E-state index in [2.05, 4.69) is 28.4 Å². The minimum atomic E-state index is -0.318. The number of nitrogens with one attached hydrogen (secondary N) is 1. The lowest BCUT2D eigenvalue weighted by Crippen LogP contribution is -2.45. The minimum Gasteiger partial charge on any atom is -0.496 e. The standard InChI is InChI=1S/C18H23FN2O/c1-22-17-7-6-14-4-2-3-5-15(14)18(17)16(8-9-19)21-12-10-20-11-13-21/h2-7,16,20H,8-13H2,1H3/t16-/m0/s1. The van der Waals surface area contributed by atoms with E-state index in [4.69, 9.17) is 4.74 Å². The molecule has 1 fully saturated rings. The maximum Gasteiger partial charge on any atom is 0.124 e. The lowest BCUT2D eigenvalue weighted by Gasteiger charge is -2.36. The average molecular weight is 302 g/mol. The van der Waals surface area contributed by atoms with E-state index in [1.54, 1.807) is 7.11 Å². The predicted octanol–water partition coefficient (Wildman–Crippen LogP) is 3.15. The molecule has 0 unspecified atom stereocenters. The van der Waals surface area contributed by atoms with Crippen molar-refractivity contribution in [2.24, 2.45) is 0 Å². The van der Waals surface area contributed by atoms with Crippen molar-refractivity contribution >= 4 is 10.8 Å². The summed E-state index contributed by atoms with van der Waals surface area (Å²) >= 11 is 0. The van der Waals surface area contributed by atoms with Gasteiger partial charge in [0.2, 0.25) is 0 Å². The molecule has 0 bridgehead atoms. The van der Waals surface area contributed by atoms with Gasteiger partial charge in [0.25, 0.3) is 0 Å². The zero-order valence-corrected chi connectivity index (χ0v) is 13.0. The third-order valence-electron chi connectivity index (χ3n) is 4.46. The molecule has 1 heterocycles. The van der Waals surface area contributed by atoms with Crippen LogP contribution < -0.4 is 10.1 Å². The van der Waals surface area contributed by atoms with Crippen molar-refractivity contribution in [3.63, 3.8) is 0 Å². The van der Waals surface area contributed by atoms with E-state index in [1.807, 2.05) is 18.2 Å². The fraction of sp³-hybridized carbons (Fsp3) is 0.444. The fourth-order valence-corrected chi connectivity index (χ4v) is 3.40. The third kappa shape index (κ3) is 2.94. The summed E-state index contributed by atoms with van der Waals surface area (Å²) < 4.78 is 18.8. The van der Waals surface area contributed by atoms with E-state index in [9.17, 15) is 4.39 Å². The highest BCUT2D eigenvalue weighted by atomic mass is 19.1. The van der Waals surface area contributed by atoms with Gasteiger partial charge >= 0.3 is 0 Å². The Bertz CT molecular complexity index is 626. The Kier molecular flexibility index (Phi) is 4.90. The van der Waals surface area contributed by atoms with Gasteiger partial charge in [-0.1, -0.05) is 30.3 Å². The van der Waals surface area contributed by atoms with Gasteiger partial charge in [0.1, 0.15) is 5.75 Å². The normalized spacial score (nSPS) is 17.5. The lowest BCUT2D eigenvalue weighted by molar-refractivity contribution is 0.156. The van der Waals surface area contributed by atoms with Crippen molar-refractivity contribution in [1.29, 1.82) is 0 Å². The Morgan fingerprint density at radius 1 is 1.18 bits per heavy atom. The van der Waals surface area contributed by atoms with Gasteiger partial charge in [0.15, 0.2) is 0 Å². The highest BCUT2D eigenvalue weighted by Crippen LogP contribution is 2.37. The van der Waals surface area contributed by atoms with Crippen molar-refractivity contribution in [1.82, 2.24) is 10.2 Å². The van der Waals surface area contributed by atoms with Crippen molar-refractivity contribution in [2.75, 3.05) is 40.0 Å².